The fraction of sp³-hybridized carbons (Fsp3) is 0.750. The van der Waals surface area contributed by atoms with Crippen molar-refractivity contribution in [2.24, 2.45) is 18.7 Å². The molecule has 3 heteroatoms. The summed E-state index contributed by atoms with van der Waals surface area (Å²) in [4.78, 5) is 4.31. The van der Waals surface area contributed by atoms with E-state index in [0.29, 0.717) is 6.04 Å². The van der Waals surface area contributed by atoms with E-state index in [1.165, 1.54) is 25.7 Å². The van der Waals surface area contributed by atoms with Crippen LogP contribution in [0.2, 0.25) is 0 Å². The van der Waals surface area contributed by atoms with Crippen molar-refractivity contribution in [1.29, 1.82) is 0 Å². The standard InChI is InChI=1S/C12H21N3/c1-15-8-7-14-12(15)6-5-11(13)9-10-3-2-4-10/h7-8,10-11H,2-6,9,13H2,1H3. The third-order valence-electron chi connectivity index (χ3n) is 3.52. The molecule has 84 valence electrons. The second-order valence-corrected chi connectivity index (χ2v) is 4.79. The van der Waals surface area contributed by atoms with Gasteiger partial charge < -0.3 is 10.3 Å². The molecule has 15 heavy (non-hydrogen) atoms. The smallest absolute Gasteiger partial charge is 0.108 e. The largest absolute Gasteiger partial charge is 0.338 e. The second kappa shape index (κ2) is 4.79. The Balaban J connectivity index is 1.70. The summed E-state index contributed by atoms with van der Waals surface area (Å²) in [5.74, 6) is 2.07. The minimum atomic E-state index is 0.368. The molecule has 1 fully saturated rings. The average Bonchev–Trinajstić information content (AvgIpc) is 2.55. The van der Waals surface area contributed by atoms with Crippen molar-refractivity contribution in [3.05, 3.63) is 18.2 Å². The van der Waals surface area contributed by atoms with Gasteiger partial charge in [0.15, 0.2) is 0 Å². The molecule has 1 aliphatic rings. The molecule has 0 bridgehead atoms. The highest BCUT2D eigenvalue weighted by Crippen LogP contribution is 2.30. The third kappa shape index (κ3) is 2.81. The Morgan fingerprint density at radius 3 is 2.93 bits per heavy atom. The van der Waals surface area contributed by atoms with Crippen molar-refractivity contribution in [3.63, 3.8) is 0 Å². The molecular weight excluding hydrogens is 186 g/mol. The van der Waals surface area contributed by atoms with Gasteiger partial charge >= 0.3 is 0 Å². The van der Waals surface area contributed by atoms with Crippen LogP contribution in [0.3, 0.4) is 0 Å². The van der Waals surface area contributed by atoms with E-state index < -0.39 is 0 Å². The zero-order chi connectivity index (χ0) is 10.7. The molecule has 0 saturated heterocycles. The van der Waals surface area contributed by atoms with Crippen molar-refractivity contribution in [2.45, 2.75) is 44.6 Å². The van der Waals surface area contributed by atoms with Crippen LogP contribution in [0.1, 0.15) is 37.9 Å². The predicted octanol–water partition coefficient (Wildman–Crippen LogP) is 1.87. The number of hydrogen-bond acceptors (Lipinski definition) is 2. The molecule has 3 nitrogen and oxygen atoms in total. The number of imidazole rings is 1. The van der Waals surface area contributed by atoms with Gasteiger partial charge in [-0.3, -0.25) is 0 Å². The van der Waals surface area contributed by atoms with Crippen LogP contribution in [-0.2, 0) is 13.5 Å². The summed E-state index contributed by atoms with van der Waals surface area (Å²) in [5, 5.41) is 0. The summed E-state index contributed by atoms with van der Waals surface area (Å²) in [5.41, 5.74) is 6.11. The second-order valence-electron chi connectivity index (χ2n) is 4.79. The van der Waals surface area contributed by atoms with Gasteiger partial charge in [0.2, 0.25) is 0 Å². The number of aryl methyl sites for hydroxylation is 2. The molecule has 1 heterocycles. The molecule has 1 aromatic heterocycles. The maximum atomic E-state index is 6.11. The van der Waals surface area contributed by atoms with Crippen LogP contribution < -0.4 is 5.73 Å². The van der Waals surface area contributed by atoms with Gasteiger partial charge in [0.1, 0.15) is 5.82 Å². The lowest BCUT2D eigenvalue weighted by Gasteiger charge is -2.27. The highest BCUT2D eigenvalue weighted by molar-refractivity contribution is 4.92. The lowest BCUT2D eigenvalue weighted by molar-refractivity contribution is 0.271. The van der Waals surface area contributed by atoms with E-state index in [0.717, 1.165) is 24.6 Å². The summed E-state index contributed by atoms with van der Waals surface area (Å²) >= 11 is 0. The number of nitrogens with two attached hydrogens (primary N) is 1. The Kier molecular flexibility index (Phi) is 3.41. The van der Waals surface area contributed by atoms with Gasteiger partial charge in [-0.05, 0) is 18.8 Å². The third-order valence-corrected chi connectivity index (χ3v) is 3.52. The van der Waals surface area contributed by atoms with Crippen LogP contribution in [0.5, 0.6) is 0 Å². The molecule has 0 amide bonds. The molecule has 1 aliphatic carbocycles. The molecule has 0 aromatic carbocycles. The summed E-state index contributed by atoms with van der Waals surface area (Å²) in [6.45, 7) is 0. The van der Waals surface area contributed by atoms with E-state index >= 15 is 0 Å². The van der Waals surface area contributed by atoms with Gasteiger partial charge in [-0.15, -0.1) is 0 Å². The quantitative estimate of drug-likeness (QED) is 0.801. The number of nitrogens with zero attached hydrogens (tertiary/aromatic N) is 2. The van der Waals surface area contributed by atoms with Crippen molar-refractivity contribution in [3.8, 4) is 0 Å². The van der Waals surface area contributed by atoms with Gasteiger partial charge in [0, 0.05) is 31.9 Å². The van der Waals surface area contributed by atoms with Gasteiger partial charge in [-0.2, -0.15) is 0 Å². The molecule has 1 unspecified atom stereocenters. The molecule has 0 aliphatic heterocycles. The summed E-state index contributed by atoms with van der Waals surface area (Å²) in [6.07, 6.45) is 11.4. The Morgan fingerprint density at radius 1 is 1.60 bits per heavy atom. The number of rotatable bonds is 5. The lowest BCUT2D eigenvalue weighted by Crippen LogP contribution is -2.27. The fourth-order valence-corrected chi connectivity index (χ4v) is 2.23. The zero-order valence-corrected chi connectivity index (χ0v) is 9.52. The Hall–Kier alpha value is -0.830. The maximum absolute atomic E-state index is 6.11. The summed E-state index contributed by atoms with van der Waals surface area (Å²) in [6, 6.07) is 0.368. The molecule has 1 saturated carbocycles. The van der Waals surface area contributed by atoms with Crippen molar-refractivity contribution >= 4 is 0 Å². The molecular formula is C12H21N3. The van der Waals surface area contributed by atoms with Crippen LogP contribution in [0, 0.1) is 5.92 Å². The molecule has 2 N–H and O–H groups in total. The molecule has 1 aromatic rings. The van der Waals surface area contributed by atoms with E-state index in [9.17, 15) is 0 Å². The zero-order valence-electron chi connectivity index (χ0n) is 9.52. The summed E-state index contributed by atoms with van der Waals surface area (Å²) in [7, 11) is 2.04. The van der Waals surface area contributed by atoms with Crippen molar-refractivity contribution in [1.82, 2.24) is 9.55 Å². The Morgan fingerprint density at radius 2 is 2.40 bits per heavy atom. The molecule has 2 rings (SSSR count). The fourth-order valence-electron chi connectivity index (χ4n) is 2.23. The van der Waals surface area contributed by atoms with Crippen molar-refractivity contribution < 1.29 is 0 Å². The van der Waals surface area contributed by atoms with E-state index in [2.05, 4.69) is 9.55 Å². The van der Waals surface area contributed by atoms with Gasteiger partial charge in [-0.25, -0.2) is 4.98 Å². The lowest BCUT2D eigenvalue weighted by atomic mass is 9.80. The van der Waals surface area contributed by atoms with E-state index in [1.807, 2.05) is 19.4 Å². The Bertz CT molecular complexity index is 302. The minimum absolute atomic E-state index is 0.368. The summed E-state index contributed by atoms with van der Waals surface area (Å²) < 4.78 is 2.08. The first-order valence-electron chi connectivity index (χ1n) is 5.97. The van der Waals surface area contributed by atoms with Crippen LogP contribution in [0.25, 0.3) is 0 Å². The normalized spacial score (nSPS) is 18.8. The first-order valence-corrected chi connectivity index (χ1v) is 5.97. The van der Waals surface area contributed by atoms with Gasteiger partial charge in [-0.1, -0.05) is 19.3 Å². The average molecular weight is 207 g/mol. The molecule has 1 atom stereocenters. The van der Waals surface area contributed by atoms with Crippen molar-refractivity contribution in [2.75, 3.05) is 0 Å². The van der Waals surface area contributed by atoms with Crippen LogP contribution >= 0.6 is 0 Å². The number of aromatic nitrogens is 2. The highest BCUT2D eigenvalue weighted by atomic mass is 15.0. The van der Waals surface area contributed by atoms with E-state index in [-0.39, 0.29) is 0 Å². The SMILES string of the molecule is Cn1ccnc1CCC(N)CC1CCC1. The first-order chi connectivity index (χ1) is 7.25. The monoisotopic (exact) mass is 207 g/mol. The van der Waals surface area contributed by atoms with Crippen LogP contribution in [0.15, 0.2) is 12.4 Å². The predicted molar refractivity (Wildman–Crippen MR) is 61.5 cm³/mol. The van der Waals surface area contributed by atoms with E-state index in [1.54, 1.807) is 0 Å². The molecule has 0 radical (unpaired) electrons. The minimum Gasteiger partial charge on any atom is -0.338 e. The van der Waals surface area contributed by atoms with Gasteiger partial charge in [0.05, 0.1) is 0 Å². The Labute approximate surface area is 91.7 Å². The first kappa shape index (κ1) is 10.7. The topological polar surface area (TPSA) is 43.8 Å². The highest BCUT2D eigenvalue weighted by Gasteiger charge is 2.20. The van der Waals surface area contributed by atoms with Crippen LogP contribution in [-0.4, -0.2) is 15.6 Å². The molecule has 0 spiro atoms. The maximum Gasteiger partial charge on any atom is 0.108 e. The number of hydrogen-bond donors (Lipinski definition) is 1. The van der Waals surface area contributed by atoms with E-state index in [4.69, 9.17) is 5.73 Å². The van der Waals surface area contributed by atoms with Gasteiger partial charge in [0.25, 0.3) is 0 Å². The van der Waals surface area contributed by atoms with Crippen LogP contribution in [0.4, 0.5) is 0 Å².